The van der Waals surface area contributed by atoms with Gasteiger partial charge < -0.3 is 10.1 Å². The van der Waals surface area contributed by atoms with Gasteiger partial charge in [0.1, 0.15) is 10.6 Å². The molecule has 2 rings (SSSR count). The number of amides is 1. The van der Waals surface area contributed by atoms with E-state index < -0.39 is 11.2 Å². The maximum atomic E-state index is 12.3. The Morgan fingerprint density at radius 2 is 2.04 bits per heavy atom. The average Bonchev–Trinajstić information content (AvgIpc) is 2.91. The minimum Gasteiger partial charge on any atom is -0.462 e. The Morgan fingerprint density at radius 1 is 1.32 bits per heavy atom. The zero-order chi connectivity index (χ0) is 18.6. The molecule has 9 nitrogen and oxygen atoms in total. The third kappa shape index (κ3) is 4.86. The van der Waals surface area contributed by atoms with Crippen LogP contribution in [0.4, 0.5) is 5.13 Å². The fourth-order valence-electron chi connectivity index (χ4n) is 1.70. The highest BCUT2D eigenvalue weighted by Crippen LogP contribution is 2.25. The van der Waals surface area contributed by atoms with Crippen molar-refractivity contribution in [2.75, 3.05) is 11.9 Å². The van der Waals surface area contributed by atoms with Crippen molar-refractivity contribution in [2.24, 2.45) is 0 Å². The highest BCUT2D eigenvalue weighted by molar-refractivity contribution is 8.00. The minimum atomic E-state index is -0.553. The number of hydrogen-bond donors (Lipinski definition) is 2. The molecular formula is C14H17N5O4S2. The molecule has 0 saturated heterocycles. The van der Waals surface area contributed by atoms with Gasteiger partial charge in [-0.1, -0.05) is 23.1 Å². The second-order valence-electron chi connectivity index (χ2n) is 4.95. The van der Waals surface area contributed by atoms with Crippen LogP contribution in [0.1, 0.15) is 34.9 Å². The predicted octanol–water partition coefficient (Wildman–Crippen LogP) is 1.53. The number of aromatic nitrogens is 4. The van der Waals surface area contributed by atoms with Crippen molar-refractivity contribution >= 4 is 40.1 Å². The molecule has 11 heteroatoms. The second kappa shape index (κ2) is 8.21. The summed E-state index contributed by atoms with van der Waals surface area (Å²) in [6.45, 7) is 6.85. The van der Waals surface area contributed by atoms with Crippen LogP contribution in [-0.2, 0) is 9.53 Å². The highest BCUT2D eigenvalue weighted by Gasteiger charge is 2.21. The number of nitrogens with one attached hydrogen (secondary N) is 2. The average molecular weight is 383 g/mol. The Bertz CT molecular complexity index is 848. The van der Waals surface area contributed by atoms with Gasteiger partial charge in [0.05, 0.1) is 17.6 Å². The first-order valence-corrected chi connectivity index (χ1v) is 9.07. The largest absolute Gasteiger partial charge is 0.462 e. The summed E-state index contributed by atoms with van der Waals surface area (Å²) in [5.74, 6) is -0.801. The number of thiazole rings is 1. The SMILES string of the molecule is CCOC(=O)c1sc(NC(=O)[C@H](C)Sc2nnc(C)c(=O)[nH]2)nc1C. The van der Waals surface area contributed by atoms with Gasteiger partial charge >= 0.3 is 5.97 Å². The van der Waals surface area contributed by atoms with Gasteiger partial charge in [-0.15, -0.1) is 10.2 Å². The Balaban J connectivity index is 2.03. The fraction of sp³-hybridized carbons (Fsp3) is 0.429. The van der Waals surface area contributed by atoms with Gasteiger partial charge in [0.2, 0.25) is 5.91 Å². The van der Waals surface area contributed by atoms with Crippen molar-refractivity contribution in [2.45, 2.75) is 38.1 Å². The first-order valence-electron chi connectivity index (χ1n) is 7.37. The quantitative estimate of drug-likeness (QED) is 0.568. The summed E-state index contributed by atoms with van der Waals surface area (Å²) in [6, 6.07) is 0. The number of H-pyrrole nitrogens is 1. The summed E-state index contributed by atoms with van der Waals surface area (Å²) in [7, 11) is 0. The number of thioether (sulfide) groups is 1. The molecule has 0 radical (unpaired) electrons. The van der Waals surface area contributed by atoms with E-state index in [0.717, 1.165) is 23.1 Å². The van der Waals surface area contributed by atoms with Crippen molar-refractivity contribution in [3.63, 3.8) is 0 Å². The molecule has 25 heavy (non-hydrogen) atoms. The lowest BCUT2D eigenvalue weighted by atomic mass is 10.4. The molecule has 0 aliphatic carbocycles. The summed E-state index contributed by atoms with van der Waals surface area (Å²) in [4.78, 5) is 42.6. The van der Waals surface area contributed by atoms with Crippen LogP contribution >= 0.6 is 23.1 Å². The van der Waals surface area contributed by atoms with Crippen molar-refractivity contribution in [1.29, 1.82) is 0 Å². The second-order valence-corrected chi connectivity index (χ2v) is 7.28. The Kier molecular flexibility index (Phi) is 6.26. The highest BCUT2D eigenvalue weighted by atomic mass is 32.2. The van der Waals surface area contributed by atoms with Gasteiger partial charge in [0.25, 0.3) is 5.56 Å². The zero-order valence-corrected chi connectivity index (χ0v) is 15.7. The summed E-state index contributed by atoms with van der Waals surface area (Å²) < 4.78 is 4.94. The topological polar surface area (TPSA) is 127 Å². The molecule has 0 fully saturated rings. The summed E-state index contributed by atoms with van der Waals surface area (Å²) in [5, 5.41) is 10.2. The number of anilines is 1. The minimum absolute atomic E-state index is 0.251. The van der Waals surface area contributed by atoms with Crippen LogP contribution in [0.3, 0.4) is 0 Å². The van der Waals surface area contributed by atoms with Crippen LogP contribution in [0.2, 0.25) is 0 Å². The maximum absolute atomic E-state index is 12.3. The van der Waals surface area contributed by atoms with Crippen molar-refractivity contribution in [3.05, 3.63) is 26.6 Å². The lowest BCUT2D eigenvalue weighted by Gasteiger charge is -2.09. The molecule has 2 N–H and O–H groups in total. The van der Waals surface area contributed by atoms with Gasteiger partial charge in [-0.2, -0.15) is 0 Å². The van der Waals surface area contributed by atoms with E-state index in [1.54, 1.807) is 27.7 Å². The summed E-state index contributed by atoms with van der Waals surface area (Å²) in [5.41, 5.74) is 0.402. The number of ether oxygens (including phenoxy) is 1. The van der Waals surface area contributed by atoms with Gasteiger partial charge in [-0.05, 0) is 27.7 Å². The van der Waals surface area contributed by atoms with Crippen LogP contribution in [0.15, 0.2) is 9.95 Å². The smallest absolute Gasteiger partial charge is 0.350 e. The summed E-state index contributed by atoms with van der Waals surface area (Å²) >= 11 is 2.11. The standard InChI is InChI=1S/C14H17N5O4S2/c1-5-23-12(22)9-6(2)15-13(25-9)17-11(21)8(4)24-14-16-10(20)7(3)18-19-14/h8H,5H2,1-4H3,(H,15,17,21)(H,16,19,20)/t8-/m0/s1. The van der Waals surface area contributed by atoms with Crippen LogP contribution < -0.4 is 10.9 Å². The number of aryl methyl sites for hydroxylation is 2. The third-order valence-corrected chi connectivity index (χ3v) is 5.01. The fourth-order valence-corrected chi connectivity index (χ4v) is 3.30. The van der Waals surface area contributed by atoms with Gasteiger partial charge in [0.15, 0.2) is 10.3 Å². The normalized spacial score (nSPS) is 11.8. The monoisotopic (exact) mass is 383 g/mol. The molecule has 0 saturated carbocycles. The molecule has 2 aromatic heterocycles. The molecule has 0 bridgehead atoms. The van der Waals surface area contributed by atoms with Crippen molar-refractivity contribution in [1.82, 2.24) is 20.2 Å². The molecule has 134 valence electrons. The van der Waals surface area contributed by atoms with E-state index in [4.69, 9.17) is 4.74 Å². The lowest BCUT2D eigenvalue weighted by molar-refractivity contribution is -0.115. The van der Waals surface area contributed by atoms with Gasteiger partial charge in [-0.25, -0.2) is 9.78 Å². The molecule has 0 aliphatic heterocycles. The van der Waals surface area contributed by atoms with Crippen LogP contribution in [-0.4, -0.2) is 43.9 Å². The van der Waals surface area contributed by atoms with Gasteiger partial charge in [0, 0.05) is 0 Å². The van der Waals surface area contributed by atoms with E-state index >= 15 is 0 Å². The van der Waals surface area contributed by atoms with Gasteiger partial charge in [-0.3, -0.25) is 14.6 Å². The third-order valence-electron chi connectivity index (χ3n) is 2.99. The van der Waals surface area contributed by atoms with Crippen LogP contribution in [0.5, 0.6) is 0 Å². The van der Waals surface area contributed by atoms with Crippen molar-refractivity contribution < 1.29 is 14.3 Å². The van der Waals surface area contributed by atoms with E-state index in [1.165, 1.54) is 0 Å². The molecule has 0 spiro atoms. The predicted molar refractivity (Wildman–Crippen MR) is 94.1 cm³/mol. The first-order chi connectivity index (χ1) is 11.8. The molecular weight excluding hydrogens is 366 g/mol. The summed E-state index contributed by atoms with van der Waals surface area (Å²) in [6.07, 6.45) is 0. The van der Waals surface area contributed by atoms with E-state index in [2.05, 4.69) is 25.5 Å². The number of hydrogen-bond acceptors (Lipinski definition) is 9. The molecule has 2 heterocycles. The Morgan fingerprint density at radius 3 is 2.68 bits per heavy atom. The first kappa shape index (κ1) is 19.1. The number of carbonyl (C=O) groups is 2. The molecule has 2 aromatic rings. The lowest BCUT2D eigenvalue weighted by Crippen LogP contribution is -2.23. The molecule has 1 amide bonds. The number of rotatable bonds is 6. The molecule has 0 unspecified atom stereocenters. The number of carbonyl (C=O) groups excluding carboxylic acids is 2. The van der Waals surface area contributed by atoms with Crippen molar-refractivity contribution in [3.8, 4) is 0 Å². The van der Waals surface area contributed by atoms with E-state index in [9.17, 15) is 14.4 Å². The Hall–Kier alpha value is -2.27. The maximum Gasteiger partial charge on any atom is 0.350 e. The van der Waals surface area contributed by atoms with E-state index in [1.807, 2.05) is 0 Å². The molecule has 0 aromatic carbocycles. The number of aromatic amines is 1. The number of esters is 1. The molecule has 1 atom stereocenters. The van der Waals surface area contributed by atoms with E-state index in [0.29, 0.717) is 15.7 Å². The number of nitrogens with zero attached hydrogens (tertiary/aromatic N) is 3. The van der Waals surface area contributed by atoms with Crippen LogP contribution in [0.25, 0.3) is 0 Å². The Labute approximate surface area is 151 Å². The van der Waals surface area contributed by atoms with Crippen LogP contribution in [0, 0.1) is 13.8 Å². The van der Waals surface area contributed by atoms with E-state index in [-0.39, 0.29) is 28.9 Å². The zero-order valence-electron chi connectivity index (χ0n) is 14.1. The molecule has 0 aliphatic rings.